The molecule has 6 heteroatoms. The number of hydrogen-bond acceptors (Lipinski definition) is 4. The lowest BCUT2D eigenvalue weighted by Gasteiger charge is -2.35. The van der Waals surface area contributed by atoms with Crippen molar-refractivity contribution in [2.75, 3.05) is 32.7 Å². The molecule has 3 atom stereocenters. The van der Waals surface area contributed by atoms with Crippen molar-refractivity contribution in [1.29, 1.82) is 0 Å². The number of aliphatic hydroxyl groups is 1. The van der Waals surface area contributed by atoms with Crippen LogP contribution < -0.4 is 0 Å². The van der Waals surface area contributed by atoms with E-state index in [0.717, 1.165) is 56.0 Å². The number of hydrogen-bond donors (Lipinski definition) is 1. The van der Waals surface area contributed by atoms with Crippen molar-refractivity contribution >= 4 is 34.5 Å². The predicted octanol–water partition coefficient (Wildman–Crippen LogP) is 6.92. The molecule has 3 nitrogen and oxygen atoms in total. The van der Waals surface area contributed by atoms with Gasteiger partial charge in [-0.25, -0.2) is 0 Å². The highest BCUT2D eigenvalue weighted by Crippen LogP contribution is 2.37. The summed E-state index contributed by atoms with van der Waals surface area (Å²) in [5.41, 5.74) is 2.65. The molecule has 0 aliphatic carbocycles. The molecule has 33 heavy (non-hydrogen) atoms. The molecule has 1 N–H and O–H groups in total. The number of aliphatic hydroxyl groups excluding tert-OH is 1. The minimum atomic E-state index is -0.104. The third kappa shape index (κ3) is 7.19. The van der Waals surface area contributed by atoms with E-state index in [4.69, 9.17) is 23.2 Å². The van der Waals surface area contributed by atoms with Crippen LogP contribution in [0.15, 0.2) is 35.0 Å². The number of thiophene rings is 1. The van der Waals surface area contributed by atoms with Crippen LogP contribution in [0.4, 0.5) is 0 Å². The Hall–Kier alpha value is -0.620. The fourth-order valence-electron chi connectivity index (χ4n) is 5.71. The number of nitrogens with zero attached hydrogens (tertiary/aromatic N) is 2. The Morgan fingerprint density at radius 3 is 2.64 bits per heavy atom. The maximum atomic E-state index is 10.3. The van der Waals surface area contributed by atoms with Crippen LogP contribution >= 0.6 is 34.5 Å². The van der Waals surface area contributed by atoms with Crippen LogP contribution in [0.5, 0.6) is 0 Å². The van der Waals surface area contributed by atoms with Gasteiger partial charge >= 0.3 is 0 Å². The maximum absolute atomic E-state index is 10.3. The second kappa shape index (κ2) is 12.4. The summed E-state index contributed by atoms with van der Waals surface area (Å²) in [7, 11) is 0. The first-order valence-corrected chi connectivity index (χ1v) is 14.3. The van der Waals surface area contributed by atoms with Gasteiger partial charge in [0.15, 0.2) is 0 Å². The van der Waals surface area contributed by atoms with Gasteiger partial charge in [-0.3, -0.25) is 4.90 Å². The molecular weight excluding hydrogens is 471 g/mol. The average Bonchev–Trinajstić information content (AvgIpc) is 3.46. The summed E-state index contributed by atoms with van der Waals surface area (Å²) in [5.74, 6) is 1.90. The second-order valence-corrected chi connectivity index (χ2v) is 11.8. The van der Waals surface area contributed by atoms with E-state index in [0.29, 0.717) is 22.8 Å². The molecule has 2 unspecified atom stereocenters. The van der Waals surface area contributed by atoms with E-state index in [1.165, 1.54) is 37.9 Å². The van der Waals surface area contributed by atoms with Gasteiger partial charge in [0.1, 0.15) is 0 Å². The Balaban J connectivity index is 1.33. The van der Waals surface area contributed by atoms with Crippen LogP contribution in [-0.4, -0.2) is 53.7 Å². The molecule has 2 aromatic rings. The summed E-state index contributed by atoms with van der Waals surface area (Å²) < 4.78 is 0. The molecular formula is C27H38Cl2N2OS. The quantitative estimate of drug-likeness (QED) is 0.377. The lowest BCUT2D eigenvalue weighted by Crippen LogP contribution is -2.39. The first-order valence-electron chi connectivity index (χ1n) is 12.6. The number of piperidine rings is 1. The molecule has 1 aromatic heterocycles. The highest BCUT2D eigenvalue weighted by atomic mass is 35.5. The summed E-state index contributed by atoms with van der Waals surface area (Å²) in [6, 6.07) is 8.17. The summed E-state index contributed by atoms with van der Waals surface area (Å²) in [4.78, 5) is 5.25. The monoisotopic (exact) mass is 508 g/mol. The van der Waals surface area contributed by atoms with E-state index in [1.54, 1.807) is 11.3 Å². The summed E-state index contributed by atoms with van der Waals surface area (Å²) in [6.07, 6.45) is 6.62. The Labute approximate surface area is 213 Å². The van der Waals surface area contributed by atoms with Crippen LogP contribution in [0, 0.1) is 11.8 Å². The van der Waals surface area contributed by atoms with Crippen LogP contribution in [0.3, 0.4) is 0 Å². The Morgan fingerprint density at radius 1 is 1.12 bits per heavy atom. The van der Waals surface area contributed by atoms with Crippen LogP contribution in [-0.2, 0) is 6.54 Å². The van der Waals surface area contributed by atoms with Gasteiger partial charge in [-0.05, 0) is 90.7 Å². The zero-order valence-corrected chi connectivity index (χ0v) is 22.1. The highest BCUT2D eigenvalue weighted by Gasteiger charge is 2.36. The van der Waals surface area contributed by atoms with Crippen molar-refractivity contribution in [3.63, 3.8) is 0 Å². The molecule has 0 radical (unpaired) electrons. The molecule has 4 rings (SSSR count). The Kier molecular flexibility index (Phi) is 9.55. The summed E-state index contributed by atoms with van der Waals surface area (Å²) in [6.45, 7) is 8.77. The largest absolute Gasteiger partial charge is 0.393 e. The van der Waals surface area contributed by atoms with Crippen molar-refractivity contribution in [2.24, 2.45) is 11.8 Å². The molecule has 3 heterocycles. The van der Waals surface area contributed by atoms with Crippen molar-refractivity contribution in [2.45, 2.75) is 64.0 Å². The van der Waals surface area contributed by atoms with Gasteiger partial charge in [-0.1, -0.05) is 49.0 Å². The number of likely N-dealkylation sites (tertiary alicyclic amines) is 2. The Bertz CT molecular complexity index is 854. The third-order valence-corrected chi connectivity index (χ3v) is 8.88. The van der Waals surface area contributed by atoms with Gasteiger partial charge in [0.2, 0.25) is 0 Å². The summed E-state index contributed by atoms with van der Waals surface area (Å²) >= 11 is 14.4. The summed E-state index contributed by atoms with van der Waals surface area (Å²) in [5, 5.41) is 16.3. The normalized spacial score (nSPS) is 23.9. The predicted molar refractivity (Wildman–Crippen MR) is 142 cm³/mol. The zero-order valence-electron chi connectivity index (χ0n) is 19.8. The number of halogens is 2. The van der Waals surface area contributed by atoms with Crippen molar-refractivity contribution < 1.29 is 5.11 Å². The molecule has 0 spiro atoms. The fourth-order valence-corrected chi connectivity index (χ4v) is 6.90. The smallest absolute Gasteiger partial charge is 0.0543 e. The molecule has 2 fully saturated rings. The van der Waals surface area contributed by atoms with Crippen LogP contribution in [0.2, 0.25) is 10.0 Å². The second-order valence-electron chi connectivity index (χ2n) is 10.1. The maximum Gasteiger partial charge on any atom is 0.0543 e. The molecule has 1 aromatic carbocycles. The number of benzene rings is 1. The molecule has 0 saturated carbocycles. The van der Waals surface area contributed by atoms with Gasteiger partial charge in [0.25, 0.3) is 0 Å². The van der Waals surface area contributed by atoms with Crippen molar-refractivity contribution in [3.8, 4) is 0 Å². The lowest BCUT2D eigenvalue weighted by atomic mass is 9.87. The van der Waals surface area contributed by atoms with Crippen LogP contribution in [0.1, 0.15) is 62.5 Å². The first-order chi connectivity index (χ1) is 16.0. The van der Waals surface area contributed by atoms with Gasteiger partial charge in [0.05, 0.1) is 6.10 Å². The van der Waals surface area contributed by atoms with E-state index < -0.39 is 0 Å². The van der Waals surface area contributed by atoms with Gasteiger partial charge in [-0.2, -0.15) is 11.3 Å². The minimum Gasteiger partial charge on any atom is -0.393 e. The zero-order chi connectivity index (χ0) is 23.2. The topological polar surface area (TPSA) is 26.7 Å². The highest BCUT2D eigenvalue weighted by molar-refractivity contribution is 7.08. The average molecular weight is 510 g/mol. The minimum absolute atomic E-state index is 0.104. The van der Waals surface area contributed by atoms with Gasteiger partial charge in [0, 0.05) is 42.1 Å². The SMILES string of the molecule is CCCC[C@H](O)CC1CCN(CC2CN(Cc3ccc(Cl)cc3Cl)CC2c2ccsc2)CC1. The Morgan fingerprint density at radius 2 is 1.94 bits per heavy atom. The standard InChI is InChI=1S/C27H38Cl2N2OS/c1-2-3-4-25(32)13-20-7-10-30(11-8-20)16-23-17-31(18-26(23)22-9-12-33-19-22)15-21-5-6-24(28)14-27(21)29/h5-6,9,12,14,19-20,23,25-26,32H,2-4,7-8,10-11,13,15-18H2,1H3/t23?,25-,26?/m0/s1. The number of unbranched alkanes of at least 4 members (excludes halogenated alkanes) is 1. The molecule has 2 saturated heterocycles. The molecule has 2 aliphatic rings. The van der Waals surface area contributed by atoms with E-state index in [1.807, 2.05) is 12.1 Å². The van der Waals surface area contributed by atoms with E-state index in [2.05, 4.69) is 39.6 Å². The number of rotatable bonds is 10. The van der Waals surface area contributed by atoms with Gasteiger partial charge < -0.3 is 10.0 Å². The third-order valence-electron chi connectivity index (χ3n) is 7.59. The molecule has 182 valence electrons. The fraction of sp³-hybridized carbons (Fsp3) is 0.630. The van der Waals surface area contributed by atoms with E-state index in [9.17, 15) is 5.11 Å². The molecule has 0 bridgehead atoms. The van der Waals surface area contributed by atoms with Crippen molar-refractivity contribution in [1.82, 2.24) is 9.80 Å². The molecule has 0 amide bonds. The van der Waals surface area contributed by atoms with E-state index >= 15 is 0 Å². The van der Waals surface area contributed by atoms with Gasteiger partial charge in [-0.15, -0.1) is 0 Å². The van der Waals surface area contributed by atoms with Crippen molar-refractivity contribution in [3.05, 3.63) is 56.2 Å². The first kappa shape index (κ1) is 25.5. The van der Waals surface area contributed by atoms with Crippen LogP contribution in [0.25, 0.3) is 0 Å². The molecule has 2 aliphatic heterocycles. The van der Waals surface area contributed by atoms with E-state index in [-0.39, 0.29) is 6.10 Å². The lowest BCUT2D eigenvalue weighted by molar-refractivity contribution is 0.0942.